The highest BCUT2D eigenvalue weighted by Gasteiger charge is 2.16. The van der Waals surface area contributed by atoms with Gasteiger partial charge in [-0.1, -0.05) is 4.98 Å². The third kappa shape index (κ3) is 4.03. The van der Waals surface area contributed by atoms with E-state index in [0.29, 0.717) is 13.0 Å². The molecule has 0 saturated carbocycles. The lowest BCUT2D eigenvalue weighted by atomic mass is 10.3. The molecule has 0 fully saturated rings. The Bertz CT molecular complexity index is 380. The van der Waals surface area contributed by atoms with Gasteiger partial charge in [-0.15, -0.1) is 0 Å². The number of nitrogens with zero attached hydrogens (tertiary/aromatic N) is 2. The van der Waals surface area contributed by atoms with E-state index in [0.717, 1.165) is 17.2 Å². The second kappa shape index (κ2) is 6.78. The van der Waals surface area contributed by atoms with Crippen molar-refractivity contribution in [3.05, 3.63) is 23.3 Å². The first-order valence-corrected chi connectivity index (χ1v) is 5.14. The number of amides is 1. The fourth-order valence-electron chi connectivity index (χ4n) is 1.47. The van der Waals surface area contributed by atoms with Crippen molar-refractivity contribution >= 4 is 5.91 Å². The van der Waals surface area contributed by atoms with Crippen molar-refractivity contribution in [2.45, 2.75) is 27.2 Å². The van der Waals surface area contributed by atoms with E-state index in [1.54, 1.807) is 0 Å². The van der Waals surface area contributed by atoms with Crippen LogP contribution in [0.2, 0.25) is 0 Å². The van der Waals surface area contributed by atoms with Crippen LogP contribution in [0.1, 0.15) is 24.1 Å². The Labute approximate surface area is 113 Å². The lowest BCUT2D eigenvalue weighted by Gasteiger charge is -2.03. The molecule has 0 aliphatic carbocycles. The monoisotopic (exact) mass is 335 g/mol. The molecule has 0 spiro atoms. The molecule has 4 nitrogen and oxygen atoms in total. The molecule has 1 aromatic rings. The number of carbonyl (C=O) groups is 1. The van der Waals surface area contributed by atoms with Gasteiger partial charge in [-0.05, 0) is 13.8 Å². The first-order chi connectivity index (χ1) is 7.04. The normalized spacial score (nSPS) is 9.50. The lowest BCUT2D eigenvalue weighted by molar-refractivity contribution is -0.687. The number of rotatable bonds is 3. The van der Waals surface area contributed by atoms with Crippen LogP contribution in [-0.4, -0.2) is 17.4 Å². The molecule has 1 amide bonds. The van der Waals surface area contributed by atoms with E-state index in [9.17, 15) is 4.79 Å². The Morgan fingerprint density at radius 3 is 2.69 bits per heavy atom. The van der Waals surface area contributed by atoms with Gasteiger partial charge in [-0.3, -0.25) is 4.79 Å². The Hall–Kier alpha value is -0.720. The van der Waals surface area contributed by atoms with Gasteiger partial charge in [0, 0.05) is 19.5 Å². The van der Waals surface area contributed by atoms with Crippen molar-refractivity contribution in [2.24, 2.45) is 7.05 Å². The Kier molecular flexibility index (Phi) is 6.47. The minimum absolute atomic E-state index is 0. The molecule has 1 N–H and O–H groups in total. The summed E-state index contributed by atoms with van der Waals surface area (Å²) in [4.78, 5) is 15.8. The van der Waals surface area contributed by atoms with Crippen LogP contribution in [0.3, 0.4) is 0 Å². The van der Waals surface area contributed by atoms with Crippen LogP contribution < -0.4 is 33.9 Å². The molecule has 0 aliphatic heterocycles. The van der Waals surface area contributed by atoms with Crippen LogP contribution in [0.25, 0.3) is 0 Å². The van der Waals surface area contributed by atoms with Crippen LogP contribution in [0, 0.1) is 13.8 Å². The number of hydrogen-bond donors (Lipinski definition) is 1. The number of hydrogen-bond acceptors (Lipinski definition) is 2. The summed E-state index contributed by atoms with van der Waals surface area (Å²) in [6.07, 6.45) is 0.340. The topological polar surface area (TPSA) is 45.9 Å². The van der Waals surface area contributed by atoms with Crippen LogP contribution in [0.4, 0.5) is 0 Å². The molecule has 0 unspecified atom stereocenters. The average Bonchev–Trinajstić information content (AvgIpc) is 2.13. The molecule has 1 heterocycles. The van der Waals surface area contributed by atoms with E-state index in [1.807, 2.05) is 38.5 Å². The molecule has 5 heteroatoms. The minimum atomic E-state index is 0. The average molecular weight is 335 g/mol. The summed E-state index contributed by atoms with van der Waals surface area (Å²) in [7, 11) is 1.93. The van der Waals surface area contributed by atoms with E-state index >= 15 is 0 Å². The summed E-state index contributed by atoms with van der Waals surface area (Å²) in [5.41, 5.74) is 2.06. The summed E-state index contributed by atoms with van der Waals surface area (Å²) >= 11 is 0. The number of aryl methyl sites for hydroxylation is 2. The van der Waals surface area contributed by atoms with Crippen LogP contribution in [0.15, 0.2) is 6.07 Å². The van der Waals surface area contributed by atoms with Gasteiger partial charge in [0.1, 0.15) is 12.1 Å². The fourth-order valence-corrected chi connectivity index (χ4v) is 1.47. The number of aromatic nitrogens is 2. The predicted molar refractivity (Wildman–Crippen MR) is 57.3 cm³/mol. The van der Waals surface area contributed by atoms with Crippen LogP contribution in [0.5, 0.6) is 0 Å². The van der Waals surface area contributed by atoms with Gasteiger partial charge in [-0.2, -0.15) is 0 Å². The fraction of sp³-hybridized carbons (Fsp3) is 0.545. The van der Waals surface area contributed by atoms with Crippen molar-refractivity contribution in [1.29, 1.82) is 0 Å². The summed E-state index contributed by atoms with van der Waals surface area (Å²) < 4.78 is 1.95. The predicted octanol–water partition coefficient (Wildman–Crippen LogP) is -2.79. The molecule has 0 atom stereocenters. The SMILES string of the molecule is CCNC(=O)Cc1nc(C)cc(C)[n+]1C.[I-]. The molecule has 1 rings (SSSR count). The molecule has 0 bridgehead atoms. The molecule has 0 radical (unpaired) electrons. The molecule has 0 aliphatic rings. The van der Waals surface area contributed by atoms with E-state index in [2.05, 4.69) is 10.3 Å². The van der Waals surface area contributed by atoms with E-state index < -0.39 is 0 Å². The summed E-state index contributed by atoms with van der Waals surface area (Å²) in [6.45, 7) is 6.52. The van der Waals surface area contributed by atoms with Gasteiger partial charge in [0.15, 0.2) is 5.69 Å². The molecule has 90 valence electrons. The third-order valence-electron chi connectivity index (χ3n) is 2.33. The number of halogens is 1. The number of nitrogens with one attached hydrogen (secondary N) is 1. The van der Waals surface area contributed by atoms with Gasteiger partial charge in [0.05, 0.1) is 7.05 Å². The first-order valence-electron chi connectivity index (χ1n) is 5.14. The van der Waals surface area contributed by atoms with Crippen molar-refractivity contribution in [2.75, 3.05) is 6.54 Å². The van der Waals surface area contributed by atoms with Gasteiger partial charge in [0.2, 0.25) is 5.91 Å². The van der Waals surface area contributed by atoms with Crippen LogP contribution >= 0.6 is 0 Å². The zero-order valence-electron chi connectivity index (χ0n) is 10.2. The van der Waals surface area contributed by atoms with Gasteiger partial charge < -0.3 is 29.3 Å². The second-order valence-corrected chi connectivity index (χ2v) is 3.64. The van der Waals surface area contributed by atoms with E-state index in [1.165, 1.54) is 0 Å². The van der Waals surface area contributed by atoms with E-state index in [4.69, 9.17) is 0 Å². The third-order valence-corrected chi connectivity index (χ3v) is 2.33. The highest BCUT2D eigenvalue weighted by atomic mass is 127. The highest BCUT2D eigenvalue weighted by molar-refractivity contribution is 5.77. The smallest absolute Gasteiger partial charge is 0.308 e. The maximum Gasteiger partial charge on any atom is 0.308 e. The minimum Gasteiger partial charge on any atom is -1.00 e. The number of carbonyl (C=O) groups excluding carboxylic acids is 1. The second-order valence-electron chi connectivity index (χ2n) is 3.64. The molecular formula is C11H18IN3O. The molecule has 16 heavy (non-hydrogen) atoms. The Morgan fingerprint density at radius 2 is 2.12 bits per heavy atom. The molecule has 0 aromatic carbocycles. The zero-order chi connectivity index (χ0) is 11.4. The largest absolute Gasteiger partial charge is 1.00 e. The van der Waals surface area contributed by atoms with Crippen molar-refractivity contribution < 1.29 is 33.3 Å². The van der Waals surface area contributed by atoms with Crippen LogP contribution in [-0.2, 0) is 18.3 Å². The van der Waals surface area contributed by atoms with E-state index in [-0.39, 0.29) is 29.9 Å². The number of likely N-dealkylation sites (N-methyl/N-ethyl adjacent to an activating group) is 1. The molecule has 0 saturated heterocycles. The summed E-state index contributed by atoms with van der Waals surface area (Å²) in [6, 6.07) is 2.00. The van der Waals surface area contributed by atoms with Gasteiger partial charge in [-0.25, -0.2) is 4.57 Å². The molecular weight excluding hydrogens is 317 g/mol. The Balaban J connectivity index is 0.00000225. The van der Waals surface area contributed by atoms with Gasteiger partial charge in [0.25, 0.3) is 0 Å². The molecule has 1 aromatic heterocycles. The standard InChI is InChI=1S/C11H17N3O.HI/c1-5-12-11(15)7-10-13-8(2)6-9(3)14(10)4;/h6H,5,7H2,1-4H3;1H. The highest BCUT2D eigenvalue weighted by Crippen LogP contribution is 1.97. The lowest BCUT2D eigenvalue weighted by Crippen LogP contribution is -3.00. The Morgan fingerprint density at radius 1 is 1.50 bits per heavy atom. The zero-order valence-corrected chi connectivity index (χ0v) is 12.3. The maximum absolute atomic E-state index is 11.4. The van der Waals surface area contributed by atoms with Crippen molar-refractivity contribution in [3.8, 4) is 0 Å². The van der Waals surface area contributed by atoms with Crippen molar-refractivity contribution in [1.82, 2.24) is 10.3 Å². The summed E-state index contributed by atoms with van der Waals surface area (Å²) in [5, 5.41) is 2.77. The quantitative estimate of drug-likeness (QED) is 0.479. The maximum atomic E-state index is 11.4. The first kappa shape index (κ1) is 15.3. The van der Waals surface area contributed by atoms with Gasteiger partial charge >= 0.3 is 5.82 Å². The van der Waals surface area contributed by atoms with Crippen molar-refractivity contribution in [3.63, 3.8) is 0 Å². The summed E-state index contributed by atoms with van der Waals surface area (Å²) in [5.74, 6) is 0.823.